The Morgan fingerprint density at radius 1 is 1.12 bits per heavy atom. The zero-order valence-corrected chi connectivity index (χ0v) is 13.3. The summed E-state index contributed by atoms with van der Waals surface area (Å²) in [5, 5.41) is 0. The number of hydrogen-bond donors (Lipinski definition) is 0. The topological polar surface area (TPSA) is 72.1 Å². The fraction of sp³-hybridized carbons (Fsp3) is 0.333. The number of nitrogens with zero attached hydrogens (tertiary/aromatic N) is 4. The summed E-state index contributed by atoms with van der Waals surface area (Å²) in [6.45, 7) is 2.55. The molecule has 0 aromatic carbocycles. The van der Waals surface area contributed by atoms with Crippen LogP contribution in [0.25, 0.3) is 11.0 Å². The monoisotopic (exact) mass is 322 g/mol. The lowest BCUT2D eigenvalue weighted by Gasteiger charge is -2.30. The Morgan fingerprint density at radius 3 is 2.79 bits per heavy atom. The highest BCUT2D eigenvalue weighted by molar-refractivity contribution is 5.93. The summed E-state index contributed by atoms with van der Waals surface area (Å²) in [5.74, 6) is 0.264. The molecule has 1 aliphatic heterocycles. The highest BCUT2D eigenvalue weighted by Crippen LogP contribution is 2.22. The van der Waals surface area contributed by atoms with Gasteiger partial charge in [0.15, 0.2) is 0 Å². The average Bonchev–Trinajstić information content (AvgIpc) is 3.16. The standard InChI is InChI=1S/C18H18N4O2/c23-17(18-20-8-11-24-18)13-5-9-22(10-6-13)12-14-3-4-15-16(21-14)2-1-7-19-15/h1-4,7-8,11,13H,5-6,9-10,12H2. The van der Waals surface area contributed by atoms with Crippen LogP contribution in [-0.4, -0.2) is 38.7 Å². The molecular weight excluding hydrogens is 304 g/mol. The zero-order chi connectivity index (χ0) is 16.4. The third-order valence-corrected chi connectivity index (χ3v) is 4.50. The molecule has 0 radical (unpaired) electrons. The van der Waals surface area contributed by atoms with E-state index in [9.17, 15) is 4.79 Å². The van der Waals surface area contributed by atoms with Crippen molar-refractivity contribution in [1.29, 1.82) is 0 Å². The lowest BCUT2D eigenvalue weighted by molar-refractivity contribution is 0.0798. The van der Waals surface area contributed by atoms with Crippen molar-refractivity contribution in [3.8, 4) is 0 Å². The Bertz CT molecular complexity index is 839. The molecule has 6 heteroatoms. The molecule has 3 aromatic heterocycles. The van der Waals surface area contributed by atoms with Gasteiger partial charge in [-0.05, 0) is 50.2 Å². The number of carbonyl (C=O) groups excluding carboxylic acids is 1. The Morgan fingerprint density at radius 2 is 2.00 bits per heavy atom. The quantitative estimate of drug-likeness (QED) is 0.688. The first kappa shape index (κ1) is 15.0. The second-order valence-corrected chi connectivity index (χ2v) is 6.10. The van der Waals surface area contributed by atoms with Crippen molar-refractivity contribution in [3.05, 3.63) is 54.5 Å². The van der Waals surface area contributed by atoms with Crippen LogP contribution in [0.2, 0.25) is 0 Å². The molecular formula is C18H18N4O2. The fourth-order valence-electron chi connectivity index (χ4n) is 3.19. The van der Waals surface area contributed by atoms with Crippen LogP contribution in [0.3, 0.4) is 0 Å². The summed E-state index contributed by atoms with van der Waals surface area (Å²) in [6, 6.07) is 7.92. The van der Waals surface area contributed by atoms with Crippen molar-refractivity contribution in [3.63, 3.8) is 0 Å². The number of Topliss-reactive ketones (excluding diaryl/α,β-unsaturated/α-hetero) is 1. The van der Waals surface area contributed by atoms with E-state index in [-0.39, 0.29) is 17.6 Å². The molecule has 4 heterocycles. The van der Waals surface area contributed by atoms with Gasteiger partial charge in [-0.25, -0.2) is 9.97 Å². The zero-order valence-electron chi connectivity index (χ0n) is 13.3. The van der Waals surface area contributed by atoms with Crippen molar-refractivity contribution in [2.75, 3.05) is 13.1 Å². The van der Waals surface area contributed by atoms with Gasteiger partial charge >= 0.3 is 0 Å². The van der Waals surface area contributed by atoms with Gasteiger partial charge in [0.2, 0.25) is 5.78 Å². The highest BCUT2D eigenvalue weighted by atomic mass is 16.3. The van der Waals surface area contributed by atoms with Crippen LogP contribution in [0.1, 0.15) is 29.2 Å². The number of pyridine rings is 2. The number of rotatable bonds is 4. The van der Waals surface area contributed by atoms with Gasteiger partial charge in [-0.2, -0.15) is 0 Å². The van der Waals surface area contributed by atoms with Crippen LogP contribution >= 0.6 is 0 Å². The van der Waals surface area contributed by atoms with Gasteiger partial charge in [-0.1, -0.05) is 0 Å². The largest absolute Gasteiger partial charge is 0.442 e. The maximum atomic E-state index is 12.3. The average molecular weight is 322 g/mol. The molecule has 1 aliphatic rings. The van der Waals surface area contributed by atoms with Crippen molar-refractivity contribution in [2.24, 2.45) is 5.92 Å². The molecule has 0 saturated carbocycles. The number of likely N-dealkylation sites (tertiary alicyclic amines) is 1. The van der Waals surface area contributed by atoms with Gasteiger partial charge in [0.05, 0.1) is 22.9 Å². The number of carbonyl (C=O) groups is 1. The van der Waals surface area contributed by atoms with E-state index in [0.717, 1.165) is 49.2 Å². The van der Waals surface area contributed by atoms with Crippen molar-refractivity contribution in [1.82, 2.24) is 19.9 Å². The first-order chi connectivity index (χ1) is 11.8. The van der Waals surface area contributed by atoms with Crippen molar-refractivity contribution >= 4 is 16.8 Å². The Labute approximate surface area is 139 Å². The van der Waals surface area contributed by atoms with Crippen LogP contribution in [-0.2, 0) is 6.54 Å². The number of piperidine rings is 1. The van der Waals surface area contributed by atoms with Gasteiger partial charge in [-0.3, -0.25) is 14.7 Å². The number of fused-ring (bicyclic) bond motifs is 1. The van der Waals surface area contributed by atoms with E-state index in [4.69, 9.17) is 4.42 Å². The third kappa shape index (κ3) is 3.05. The van der Waals surface area contributed by atoms with Gasteiger partial charge in [0.1, 0.15) is 6.26 Å². The van der Waals surface area contributed by atoms with Gasteiger partial charge in [0.25, 0.3) is 5.89 Å². The number of ketones is 1. The van der Waals surface area contributed by atoms with E-state index >= 15 is 0 Å². The first-order valence-corrected chi connectivity index (χ1v) is 8.16. The Hall–Kier alpha value is -2.60. The Kier molecular flexibility index (Phi) is 4.04. The molecule has 0 N–H and O–H groups in total. The van der Waals surface area contributed by atoms with Crippen LogP contribution < -0.4 is 0 Å². The molecule has 24 heavy (non-hydrogen) atoms. The summed E-state index contributed by atoms with van der Waals surface area (Å²) >= 11 is 0. The molecule has 0 bridgehead atoms. The summed E-state index contributed by atoms with van der Waals surface area (Å²) in [7, 11) is 0. The van der Waals surface area contributed by atoms with Gasteiger partial charge in [-0.15, -0.1) is 0 Å². The van der Waals surface area contributed by atoms with Crippen molar-refractivity contribution in [2.45, 2.75) is 19.4 Å². The van der Waals surface area contributed by atoms with Crippen molar-refractivity contribution < 1.29 is 9.21 Å². The predicted octanol–water partition coefficient (Wildman–Crippen LogP) is 2.71. The maximum Gasteiger partial charge on any atom is 0.263 e. The number of aromatic nitrogens is 3. The molecule has 0 spiro atoms. The summed E-state index contributed by atoms with van der Waals surface area (Å²) in [6.07, 6.45) is 6.40. The third-order valence-electron chi connectivity index (χ3n) is 4.50. The minimum atomic E-state index is 0.00802. The molecule has 3 aromatic rings. The number of oxazole rings is 1. The summed E-state index contributed by atoms with van der Waals surface area (Å²) in [5.41, 5.74) is 2.87. The van der Waals surface area contributed by atoms with E-state index < -0.39 is 0 Å². The summed E-state index contributed by atoms with van der Waals surface area (Å²) in [4.78, 5) is 27.5. The molecule has 122 valence electrons. The van der Waals surface area contributed by atoms with E-state index in [1.54, 1.807) is 6.20 Å². The van der Waals surface area contributed by atoms with E-state index in [0.29, 0.717) is 0 Å². The highest BCUT2D eigenvalue weighted by Gasteiger charge is 2.28. The molecule has 1 fully saturated rings. The maximum absolute atomic E-state index is 12.3. The molecule has 6 nitrogen and oxygen atoms in total. The van der Waals surface area contributed by atoms with Crippen LogP contribution in [0, 0.1) is 5.92 Å². The fourth-order valence-corrected chi connectivity index (χ4v) is 3.19. The predicted molar refractivity (Wildman–Crippen MR) is 88.4 cm³/mol. The summed E-state index contributed by atoms with van der Waals surface area (Å²) < 4.78 is 5.12. The second-order valence-electron chi connectivity index (χ2n) is 6.10. The molecule has 0 amide bonds. The molecule has 0 unspecified atom stereocenters. The van der Waals surface area contributed by atoms with Crippen LogP contribution in [0.5, 0.6) is 0 Å². The SMILES string of the molecule is O=C(c1ncco1)C1CCN(Cc2ccc3ncccc3n2)CC1. The molecule has 4 rings (SSSR count). The second kappa shape index (κ2) is 6.49. The van der Waals surface area contributed by atoms with E-state index in [1.807, 2.05) is 24.3 Å². The Balaban J connectivity index is 1.38. The molecule has 1 saturated heterocycles. The first-order valence-electron chi connectivity index (χ1n) is 8.16. The van der Waals surface area contributed by atoms with E-state index in [2.05, 4.69) is 19.9 Å². The normalized spacial score (nSPS) is 16.5. The number of hydrogen-bond acceptors (Lipinski definition) is 6. The minimum absolute atomic E-state index is 0.00802. The molecule has 0 atom stereocenters. The smallest absolute Gasteiger partial charge is 0.263 e. The lowest BCUT2D eigenvalue weighted by Crippen LogP contribution is -2.36. The van der Waals surface area contributed by atoms with E-state index in [1.165, 1.54) is 12.5 Å². The van der Waals surface area contributed by atoms with Crippen LogP contribution in [0.15, 0.2) is 47.3 Å². The minimum Gasteiger partial charge on any atom is -0.442 e. The van der Waals surface area contributed by atoms with Gasteiger partial charge < -0.3 is 4.42 Å². The molecule has 0 aliphatic carbocycles. The lowest BCUT2D eigenvalue weighted by atomic mass is 9.92. The van der Waals surface area contributed by atoms with Gasteiger partial charge in [0, 0.05) is 18.7 Å². The van der Waals surface area contributed by atoms with Crippen LogP contribution in [0.4, 0.5) is 0 Å².